The number of hydrogen-bond acceptors (Lipinski definition) is 5. The molecule has 1 aromatic rings. The Balaban J connectivity index is 1.69. The zero-order chi connectivity index (χ0) is 14.8. The molecular formula is C14H16ClN3OS2. The van der Waals surface area contributed by atoms with Crippen LogP contribution in [0.2, 0.25) is 0 Å². The molecule has 3 unspecified atom stereocenters. The molecule has 0 saturated carbocycles. The van der Waals surface area contributed by atoms with Gasteiger partial charge in [0.05, 0.1) is 0 Å². The number of carbonyl (C=O) groups excluding carboxylic acids is 1. The van der Waals surface area contributed by atoms with Crippen LogP contribution in [-0.4, -0.2) is 50.3 Å². The number of aromatic nitrogens is 1. The first-order valence-corrected chi connectivity index (χ1v) is 9.27. The summed E-state index contributed by atoms with van der Waals surface area (Å²) in [7, 11) is 1.83. The maximum atomic E-state index is 12.5. The molecule has 0 aromatic carbocycles. The summed E-state index contributed by atoms with van der Waals surface area (Å²) in [4.78, 5) is 22.8. The first-order chi connectivity index (χ1) is 10.2. The minimum atomic E-state index is -0.409. The van der Waals surface area contributed by atoms with Gasteiger partial charge < -0.3 is 4.90 Å². The van der Waals surface area contributed by atoms with E-state index in [1.54, 1.807) is 29.1 Å². The average molecular weight is 342 g/mol. The van der Waals surface area contributed by atoms with Crippen LogP contribution in [-0.2, 0) is 4.79 Å². The largest absolute Gasteiger partial charge is 0.330 e. The lowest BCUT2D eigenvalue weighted by molar-refractivity contribution is -0.133. The first kappa shape index (κ1) is 15.2. The number of amides is 1. The normalized spacial score (nSPS) is 28.5. The summed E-state index contributed by atoms with van der Waals surface area (Å²) in [5, 5.41) is 0.716. The standard InChI is InChI=1S/C14H16ClN3OS2/c1-18(13(19)10-4-6-20-8-10)14-11(15)17-12(21-14)9-3-2-5-16-7-9/h2-3,5,7,10-11,14H,4,6,8H2,1H3. The zero-order valence-electron chi connectivity index (χ0n) is 11.6. The molecule has 1 saturated heterocycles. The molecule has 4 nitrogen and oxygen atoms in total. The third kappa shape index (κ3) is 3.22. The molecule has 2 aliphatic heterocycles. The van der Waals surface area contributed by atoms with E-state index in [1.165, 1.54) is 0 Å². The third-order valence-electron chi connectivity index (χ3n) is 3.63. The van der Waals surface area contributed by atoms with Crippen molar-refractivity contribution in [3.05, 3.63) is 30.1 Å². The number of rotatable bonds is 3. The predicted octanol–water partition coefficient (Wildman–Crippen LogP) is 2.68. The quantitative estimate of drug-likeness (QED) is 0.626. The maximum absolute atomic E-state index is 12.5. The molecule has 7 heteroatoms. The van der Waals surface area contributed by atoms with Crippen LogP contribution in [0.15, 0.2) is 29.5 Å². The molecule has 3 rings (SSSR count). The van der Waals surface area contributed by atoms with E-state index in [-0.39, 0.29) is 17.2 Å². The van der Waals surface area contributed by atoms with Crippen LogP contribution < -0.4 is 0 Å². The van der Waals surface area contributed by atoms with Crippen molar-refractivity contribution in [2.24, 2.45) is 10.9 Å². The minimum Gasteiger partial charge on any atom is -0.330 e. The molecule has 1 fully saturated rings. The Morgan fingerprint density at radius 1 is 1.52 bits per heavy atom. The fourth-order valence-electron chi connectivity index (χ4n) is 2.41. The molecule has 0 N–H and O–H groups in total. The summed E-state index contributed by atoms with van der Waals surface area (Å²) in [6.45, 7) is 0. The average Bonchev–Trinajstić information content (AvgIpc) is 3.16. The molecule has 2 aliphatic rings. The van der Waals surface area contributed by atoms with Gasteiger partial charge in [0.15, 0.2) is 5.50 Å². The van der Waals surface area contributed by atoms with Gasteiger partial charge in [-0.15, -0.1) is 0 Å². The summed E-state index contributed by atoms with van der Waals surface area (Å²) in [6, 6.07) is 3.83. The summed E-state index contributed by atoms with van der Waals surface area (Å²) in [6.07, 6.45) is 4.47. The molecule has 21 heavy (non-hydrogen) atoms. The molecular weight excluding hydrogens is 326 g/mol. The summed E-state index contributed by atoms with van der Waals surface area (Å²) in [5.74, 6) is 2.31. The molecule has 1 aromatic heterocycles. The SMILES string of the molecule is CN(C(=O)C1CCSC1)C1SC(c2cccnc2)=NC1Cl. The highest BCUT2D eigenvalue weighted by atomic mass is 35.5. The van der Waals surface area contributed by atoms with E-state index in [0.717, 1.165) is 28.5 Å². The van der Waals surface area contributed by atoms with Gasteiger partial charge in [-0.05, 0) is 24.3 Å². The van der Waals surface area contributed by atoms with Crippen molar-refractivity contribution in [2.75, 3.05) is 18.6 Å². The van der Waals surface area contributed by atoms with Gasteiger partial charge in [0.1, 0.15) is 10.4 Å². The van der Waals surface area contributed by atoms with Gasteiger partial charge in [-0.2, -0.15) is 11.8 Å². The number of carbonyl (C=O) groups is 1. The van der Waals surface area contributed by atoms with Gasteiger partial charge in [0, 0.05) is 36.7 Å². The fourth-order valence-corrected chi connectivity index (χ4v) is 5.20. The highest BCUT2D eigenvalue weighted by Gasteiger charge is 2.37. The van der Waals surface area contributed by atoms with Crippen LogP contribution in [0, 0.1) is 5.92 Å². The molecule has 3 atom stereocenters. The Morgan fingerprint density at radius 3 is 3.05 bits per heavy atom. The van der Waals surface area contributed by atoms with Crippen LogP contribution >= 0.6 is 35.1 Å². The van der Waals surface area contributed by atoms with Gasteiger partial charge in [-0.25, -0.2) is 0 Å². The number of hydrogen-bond donors (Lipinski definition) is 0. The Morgan fingerprint density at radius 2 is 2.38 bits per heavy atom. The van der Waals surface area contributed by atoms with Crippen LogP contribution in [0.25, 0.3) is 0 Å². The number of halogens is 1. The van der Waals surface area contributed by atoms with Crippen molar-refractivity contribution in [2.45, 2.75) is 17.3 Å². The van der Waals surface area contributed by atoms with Crippen LogP contribution in [0.4, 0.5) is 0 Å². The monoisotopic (exact) mass is 341 g/mol. The van der Waals surface area contributed by atoms with Crippen molar-refractivity contribution < 1.29 is 4.79 Å². The lowest BCUT2D eigenvalue weighted by Gasteiger charge is -2.27. The molecule has 0 aliphatic carbocycles. The van der Waals surface area contributed by atoms with E-state index < -0.39 is 5.50 Å². The maximum Gasteiger partial charge on any atom is 0.227 e. The lowest BCUT2D eigenvalue weighted by Crippen LogP contribution is -2.41. The van der Waals surface area contributed by atoms with Crippen molar-refractivity contribution in [1.29, 1.82) is 0 Å². The predicted molar refractivity (Wildman–Crippen MR) is 90.0 cm³/mol. The second-order valence-corrected chi connectivity index (χ2v) is 7.77. The highest BCUT2D eigenvalue weighted by Crippen LogP contribution is 2.35. The fraction of sp³-hybridized carbons (Fsp3) is 0.500. The van der Waals surface area contributed by atoms with E-state index in [2.05, 4.69) is 9.98 Å². The van der Waals surface area contributed by atoms with E-state index >= 15 is 0 Å². The third-order valence-corrected chi connectivity index (χ3v) is 6.65. The van der Waals surface area contributed by atoms with Gasteiger partial charge in [-0.1, -0.05) is 23.4 Å². The minimum absolute atomic E-state index is 0.131. The molecule has 3 heterocycles. The summed E-state index contributed by atoms with van der Waals surface area (Å²) >= 11 is 9.73. The first-order valence-electron chi connectivity index (χ1n) is 6.80. The molecule has 112 valence electrons. The Kier molecular flexibility index (Phi) is 4.76. The van der Waals surface area contributed by atoms with Crippen molar-refractivity contribution in [3.63, 3.8) is 0 Å². The van der Waals surface area contributed by atoms with E-state index in [9.17, 15) is 4.79 Å². The Hall–Kier alpha value is -0.720. The van der Waals surface area contributed by atoms with E-state index in [4.69, 9.17) is 11.6 Å². The number of pyridine rings is 1. The number of alkyl halides is 1. The number of thioether (sulfide) groups is 2. The smallest absolute Gasteiger partial charge is 0.227 e. The summed E-state index contributed by atoms with van der Waals surface area (Å²) in [5.41, 5.74) is 0.543. The molecule has 0 spiro atoms. The number of nitrogens with zero attached hydrogens (tertiary/aromatic N) is 3. The van der Waals surface area contributed by atoms with E-state index in [1.807, 2.05) is 30.9 Å². The van der Waals surface area contributed by atoms with Crippen molar-refractivity contribution in [3.8, 4) is 0 Å². The van der Waals surface area contributed by atoms with Gasteiger partial charge in [-0.3, -0.25) is 14.8 Å². The second-order valence-electron chi connectivity index (χ2n) is 5.07. The van der Waals surface area contributed by atoms with Crippen molar-refractivity contribution in [1.82, 2.24) is 9.88 Å². The Bertz CT molecular complexity index is 548. The van der Waals surface area contributed by atoms with Gasteiger partial charge in [0.25, 0.3) is 0 Å². The molecule has 0 radical (unpaired) electrons. The zero-order valence-corrected chi connectivity index (χ0v) is 14.0. The Labute approximate surface area is 137 Å². The van der Waals surface area contributed by atoms with Crippen LogP contribution in [0.5, 0.6) is 0 Å². The molecule has 1 amide bonds. The highest BCUT2D eigenvalue weighted by molar-refractivity contribution is 8.15. The lowest BCUT2D eigenvalue weighted by atomic mass is 10.1. The second kappa shape index (κ2) is 6.58. The van der Waals surface area contributed by atoms with Crippen molar-refractivity contribution >= 4 is 46.1 Å². The van der Waals surface area contributed by atoms with Gasteiger partial charge in [0.2, 0.25) is 5.91 Å². The number of likely N-dealkylation sites (N-methyl/N-ethyl adjacent to an activating group) is 1. The van der Waals surface area contributed by atoms with Gasteiger partial charge >= 0.3 is 0 Å². The topological polar surface area (TPSA) is 45.6 Å². The van der Waals surface area contributed by atoms with Crippen LogP contribution in [0.1, 0.15) is 12.0 Å². The molecule has 0 bridgehead atoms. The summed E-state index contributed by atoms with van der Waals surface area (Å²) < 4.78 is 0. The van der Waals surface area contributed by atoms with Crippen LogP contribution in [0.3, 0.4) is 0 Å². The van der Waals surface area contributed by atoms with E-state index in [0.29, 0.717) is 0 Å². The number of aliphatic imine (C=N–C) groups is 1.